The zero-order valence-electron chi connectivity index (χ0n) is 15.0. The second-order valence-electron chi connectivity index (χ2n) is 6.78. The number of methoxy groups -OCH3 is 1. The Balaban J connectivity index is 1.75. The molecule has 4 nitrogen and oxygen atoms in total. The van der Waals surface area contributed by atoms with Crippen LogP contribution in [0.5, 0.6) is 5.75 Å². The van der Waals surface area contributed by atoms with Crippen molar-refractivity contribution in [2.75, 3.05) is 13.7 Å². The Morgan fingerprint density at radius 3 is 2.50 bits per heavy atom. The highest BCUT2D eigenvalue weighted by Gasteiger charge is 2.26. The molecule has 1 aliphatic rings. The fraction of sp³-hybridized carbons (Fsp3) is 0.381. The van der Waals surface area contributed by atoms with Gasteiger partial charge in [0.2, 0.25) is 0 Å². The van der Waals surface area contributed by atoms with Gasteiger partial charge in [0.25, 0.3) is 5.91 Å². The molecule has 2 unspecified atom stereocenters. The van der Waals surface area contributed by atoms with Crippen LogP contribution in [-0.2, 0) is 0 Å². The number of rotatable bonds is 5. The van der Waals surface area contributed by atoms with Crippen molar-refractivity contribution in [1.82, 2.24) is 5.32 Å². The van der Waals surface area contributed by atoms with Gasteiger partial charge in [-0.15, -0.1) is 0 Å². The monoisotopic (exact) mass is 356 g/mol. The summed E-state index contributed by atoms with van der Waals surface area (Å²) in [6.45, 7) is 0.545. The smallest absolute Gasteiger partial charge is 0.254 e. The quantitative estimate of drug-likeness (QED) is 0.858. The van der Waals surface area contributed by atoms with Crippen LogP contribution in [0.1, 0.15) is 36.0 Å². The van der Waals surface area contributed by atoms with Gasteiger partial charge in [0, 0.05) is 6.04 Å². The van der Waals surface area contributed by atoms with Gasteiger partial charge >= 0.3 is 0 Å². The van der Waals surface area contributed by atoms with E-state index in [1.807, 2.05) is 24.3 Å². The molecule has 0 aliphatic heterocycles. The van der Waals surface area contributed by atoms with Crippen molar-refractivity contribution >= 4 is 5.91 Å². The lowest BCUT2D eigenvalue weighted by Crippen LogP contribution is -2.44. The maximum atomic E-state index is 14.6. The molecule has 138 valence electrons. The predicted molar refractivity (Wildman–Crippen MR) is 101 cm³/mol. The Morgan fingerprint density at radius 2 is 1.85 bits per heavy atom. The highest BCUT2D eigenvalue weighted by Crippen LogP contribution is 2.26. The van der Waals surface area contributed by atoms with Crippen molar-refractivity contribution in [3.8, 4) is 16.9 Å². The van der Waals surface area contributed by atoms with Gasteiger partial charge in [-0.2, -0.15) is 0 Å². The van der Waals surface area contributed by atoms with Crippen molar-refractivity contribution in [3.05, 3.63) is 53.8 Å². The van der Waals surface area contributed by atoms with Gasteiger partial charge in [-0.1, -0.05) is 31.0 Å². The van der Waals surface area contributed by atoms with Gasteiger partial charge in [-0.05, 0) is 60.7 Å². The van der Waals surface area contributed by atoms with Crippen LogP contribution in [0.15, 0.2) is 42.5 Å². The molecule has 2 atom stereocenters. The van der Waals surface area contributed by atoms with E-state index in [1.165, 1.54) is 6.07 Å². The molecule has 0 radical (unpaired) electrons. The van der Waals surface area contributed by atoms with Crippen molar-refractivity contribution in [1.29, 1.82) is 0 Å². The maximum Gasteiger partial charge on any atom is 0.254 e. The summed E-state index contributed by atoms with van der Waals surface area (Å²) in [5, 5.41) is 2.98. The van der Waals surface area contributed by atoms with Gasteiger partial charge in [0.05, 0.1) is 12.7 Å². The molecule has 3 N–H and O–H groups in total. The number of halogens is 1. The average Bonchev–Trinajstić information content (AvgIpc) is 2.68. The van der Waals surface area contributed by atoms with E-state index in [4.69, 9.17) is 10.5 Å². The second-order valence-corrected chi connectivity index (χ2v) is 6.78. The van der Waals surface area contributed by atoms with Crippen LogP contribution >= 0.6 is 0 Å². The van der Waals surface area contributed by atoms with Crippen molar-refractivity contribution in [2.45, 2.75) is 31.7 Å². The molecule has 26 heavy (non-hydrogen) atoms. The lowest BCUT2D eigenvalue weighted by molar-refractivity contribution is 0.0904. The fourth-order valence-corrected chi connectivity index (χ4v) is 3.59. The van der Waals surface area contributed by atoms with Crippen LogP contribution in [0.25, 0.3) is 11.1 Å². The first kappa shape index (κ1) is 18.4. The van der Waals surface area contributed by atoms with Crippen LogP contribution in [0.4, 0.5) is 4.39 Å². The number of nitrogens with two attached hydrogens (primary N) is 1. The summed E-state index contributed by atoms with van der Waals surface area (Å²) < 4.78 is 19.7. The molecule has 0 heterocycles. The van der Waals surface area contributed by atoms with Crippen LogP contribution < -0.4 is 15.8 Å². The first-order valence-corrected chi connectivity index (χ1v) is 9.07. The first-order chi connectivity index (χ1) is 12.6. The molecule has 0 saturated heterocycles. The van der Waals surface area contributed by atoms with E-state index in [-0.39, 0.29) is 23.4 Å². The molecule has 5 heteroatoms. The topological polar surface area (TPSA) is 64.3 Å². The number of amides is 1. The van der Waals surface area contributed by atoms with Crippen LogP contribution in [0, 0.1) is 11.7 Å². The van der Waals surface area contributed by atoms with Crippen molar-refractivity contribution in [3.63, 3.8) is 0 Å². The molecule has 1 amide bonds. The summed E-state index contributed by atoms with van der Waals surface area (Å²) in [5.74, 6) is 0.131. The summed E-state index contributed by atoms with van der Waals surface area (Å²) in [5.41, 5.74) is 7.47. The first-order valence-electron chi connectivity index (χ1n) is 9.07. The average molecular weight is 356 g/mol. The Labute approximate surface area is 153 Å². The molecule has 2 aromatic rings. The van der Waals surface area contributed by atoms with Crippen molar-refractivity contribution < 1.29 is 13.9 Å². The third kappa shape index (κ3) is 4.05. The normalized spacial score (nSPS) is 19.8. The van der Waals surface area contributed by atoms with Gasteiger partial charge in [0.1, 0.15) is 11.6 Å². The minimum Gasteiger partial charge on any atom is -0.497 e. The van der Waals surface area contributed by atoms with Crippen LogP contribution in [0.2, 0.25) is 0 Å². The zero-order chi connectivity index (χ0) is 18.5. The number of carbonyl (C=O) groups excluding carboxylic acids is 1. The van der Waals surface area contributed by atoms with Crippen LogP contribution in [-0.4, -0.2) is 25.6 Å². The molecule has 1 saturated carbocycles. The van der Waals surface area contributed by atoms with E-state index in [0.29, 0.717) is 6.54 Å². The fourth-order valence-electron chi connectivity index (χ4n) is 3.59. The molecule has 2 aromatic carbocycles. The highest BCUT2D eigenvalue weighted by molar-refractivity contribution is 5.95. The largest absolute Gasteiger partial charge is 0.497 e. The summed E-state index contributed by atoms with van der Waals surface area (Å²) >= 11 is 0. The van der Waals surface area contributed by atoms with Gasteiger partial charge in [0.15, 0.2) is 0 Å². The highest BCUT2D eigenvalue weighted by atomic mass is 19.1. The van der Waals surface area contributed by atoms with E-state index in [1.54, 1.807) is 19.2 Å². The van der Waals surface area contributed by atoms with E-state index >= 15 is 0 Å². The Bertz CT molecular complexity index is 761. The third-order valence-electron chi connectivity index (χ3n) is 5.17. The van der Waals surface area contributed by atoms with E-state index in [2.05, 4.69) is 5.32 Å². The van der Waals surface area contributed by atoms with Gasteiger partial charge in [-0.25, -0.2) is 4.39 Å². The molecule has 0 spiro atoms. The summed E-state index contributed by atoms with van der Waals surface area (Å²) in [4.78, 5) is 12.5. The van der Waals surface area contributed by atoms with E-state index in [0.717, 1.165) is 42.6 Å². The molecular formula is C21H25FN2O2. The third-order valence-corrected chi connectivity index (χ3v) is 5.17. The predicted octanol–water partition coefficient (Wildman–Crippen LogP) is 3.75. The minimum absolute atomic E-state index is 0.0296. The SMILES string of the molecule is COc1ccc(-c2ccc(C(=O)NC3CCCCC3CN)c(F)c2)cc1. The lowest BCUT2D eigenvalue weighted by Gasteiger charge is -2.31. The number of carbonyl (C=O) groups is 1. The summed E-state index contributed by atoms with van der Waals surface area (Å²) in [7, 11) is 1.60. The number of hydrogen-bond acceptors (Lipinski definition) is 3. The maximum absolute atomic E-state index is 14.6. The number of nitrogens with one attached hydrogen (secondary N) is 1. The molecule has 1 aliphatic carbocycles. The Hall–Kier alpha value is -2.40. The van der Waals surface area contributed by atoms with Gasteiger partial charge < -0.3 is 15.8 Å². The van der Waals surface area contributed by atoms with E-state index in [9.17, 15) is 9.18 Å². The lowest BCUT2D eigenvalue weighted by atomic mass is 9.84. The van der Waals surface area contributed by atoms with Crippen LogP contribution in [0.3, 0.4) is 0 Å². The molecule has 1 fully saturated rings. The van der Waals surface area contributed by atoms with Crippen molar-refractivity contribution in [2.24, 2.45) is 11.7 Å². The molecule has 0 bridgehead atoms. The zero-order valence-corrected chi connectivity index (χ0v) is 15.0. The van der Waals surface area contributed by atoms with Gasteiger partial charge in [-0.3, -0.25) is 4.79 Å². The summed E-state index contributed by atoms with van der Waals surface area (Å²) in [6.07, 6.45) is 4.12. The van der Waals surface area contributed by atoms with E-state index < -0.39 is 5.82 Å². The molecule has 3 rings (SSSR count). The molecule has 0 aromatic heterocycles. The number of hydrogen-bond donors (Lipinski definition) is 2. The Morgan fingerprint density at radius 1 is 1.15 bits per heavy atom. The number of ether oxygens (including phenoxy) is 1. The standard InChI is InChI=1S/C21H25FN2O2/c1-26-17-9-6-14(7-10-17)15-8-11-18(19(22)12-15)21(25)24-20-5-3-2-4-16(20)13-23/h6-12,16,20H,2-5,13,23H2,1H3,(H,24,25). The summed E-state index contributed by atoms with van der Waals surface area (Å²) in [6, 6.07) is 12.1. The molecular weight excluding hydrogens is 331 g/mol. The minimum atomic E-state index is -0.518. The second kappa shape index (κ2) is 8.32. The Kier molecular flexibility index (Phi) is 5.89. The number of benzene rings is 2.